The predicted octanol–water partition coefficient (Wildman–Crippen LogP) is -3.27. The normalized spacial score (nSPS) is 9.16. The number of primary amides is 1. The molecule has 0 aromatic heterocycles. The van der Waals surface area contributed by atoms with Gasteiger partial charge in [-0.1, -0.05) is 13.2 Å². The fourth-order valence-corrected chi connectivity index (χ4v) is 1.12. The SMILES string of the molecule is C=C(C)C(=O)NCCCS(=O)(=O)O.C=CC(N)=O.[H-].[Na+]. The molecule has 106 valence electrons. The molecule has 4 N–H and O–H groups in total. The van der Waals surface area contributed by atoms with Gasteiger partial charge in [-0.3, -0.25) is 14.1 Å². The minimum absolute atomic E-state index is 0. The van der Waals surface area contributed by atoms with Gasteiger partial charge < -0.3 is 12.5 Å². The van der Waals surface area contributed by atoms with Crippen LogP contribution in [0.4, 0.5) is 0 Å². The van der Waals surface area contributed by atoms with E-state index in [2.05, 4.69) is 24.2 Å². The molecule has 0 unspecified atom stereocenters. The summed E-state index contributed by atoms with van der Waals surface area (Å²) in [5.41, 5.74) is 4.90. The van der Waals surface area contributed by atoms with Crippen LogP contribution in [0.5, 0.6) is 0 Å². The Morgan fingerprint density at radius 2 is 1.89 bits per heavy atom. The second-order valence-electron chi connectivity index (χ2n) is 3.28. The van der Waals surface area contributed by atoms with Crippen LogP contribution in [0, 0.1) is 0 Å². The van der Waals surface area contributed by atoms with Gasteiger partial charge in [-0.05, 0) is 19.4 Å². The Balaban J connectivity index is -0.000000158. The fourth-order valence-electron chi connectivity index (χ4n) is 0.607. The Bertz CT molecular complexity index is 425. The van der Waals surface area contributed by atoms with E-state index in [4.69, 9.17) is 4.55 Å². The van der Waals surface area contributed by atoms with Gasteiger partial charge in [0.05, 0.1) is 5.75 Å². The average molecular weight is 302 g/mol. The average Bonchev–Trinajstić information content (AvgIpc) is 2.23. The molecule has 0 saturated heterocycles. The first-order chi connectivity index (χ1) is 8.10. The van der Waals surface area contributed by atoms with Crippen LogP contribution in [0.3, 0.4) is 0 Å². The number of carbonyl (C=O) groups excluding carboxylic acids is 2. The monoisotopic (exact) mass is 302 g/mol. The molecule has 0 radical (unpaired) electrons. The Morgan fingerprint density at radius 3 is 2.16 bits per heavy atom. The van der Waals surface area contributed by atoms with Crippen molar-refractivity contribution >= 4 is 21.9 Å². The first kappa shape index (κ1) is 23.4. The number of hydrogen-bond donors (Lipinski definition) is 3. The molecule has 0 heterocycles. The third kappa shape index (κ3) is 22.9. The molecule has 0 aliphatic heterocycles. The van der Waals surface area contributed by atoms with Gasteiger partial charge in [0.2, 0.25) is 11.8 Å². The molecule has 0 aromatic carbocycles. The van der Waals surface area contributed by atoms with Gasteiger partial charge in [0, 0.05) is 12.1 Å². The van der Waals surface area contributed by atoms with E-state index in [9.17, 15) is 18.0 Å². The van der Waals surface area contributed by atoms with E-state index < -0.39 is 16.0 Å². The van der Waals surface area contributed by atoms with Crippen LogP contribution in [-0.2, 0) is 19.7 Å². The van der Waals surface area contributed by atoms with Gasteiger partial charge in [0.15, 0.2) is 0 Å². The van der Waals surface area contributed by atoms with E-state index in [0.717, 1.165) is 6.08 Å². The van der Waals surface area contributed by atoms with E-state index in [1.54, 1.807) is 6.92 Å². The van der Waals surface area contributed by atoms with Crippen molar-refractivity contribution in [3.63, 3.8) is 0 Å². The van der Waals surface area contributed by atoms with Crippen LogP contribution in [0.1, 0.15) is 14.8 Å². The maximum atomic E-state index is 10.8. The maximum Gasteiger partial charge on any atom is 1.00 e. The Morgan fingerprint density at radius 1 is 1.47 bits per heavy atom. The molecule has 0 aliphatic carbocycles. The molecular weight excluding hydrogens is 283 g/mol. The molecule has 0 bridgehead atoms. The summed E-state index contributed by atoms with van der Waals surface area (Å²) in [6, 6.07) is 0. The molecule has 9 heteroatoms. The van der Waals surface area contributed by atoms with Crippen LogP contribution in [-0.4, -0.2) is 37.1 Å². The van der Waals surface area contributed by atoms with Crippen LogP contribution in [0.15, 0.2) is 24.8 Å². The molecule has 0 atom stereocenters. The molecule has 0 fully saturated rings. The van der Waals surface area contributed by atoms with Crippen molar-refractivity contribution in [1.29, 1.82) is 0 Å². The minimum atomic E-state index is -3.92. The van der Waals surface area contributed by atoms with E-state index in [1.165, 1.54) is 0 Å². The molecule has 2 amide bonds. The molecule has 0 rings (SSSR count). The van der Waals surface area contributed by atoms with Crippen LogP contribution < -0.4 is 40.6 Å². The van der Waals surface area contributed by atoms with Crippen molar-refractivity contribution in [2.75, 3.05) is 12.3 Å². The summed E-state index contributed by atoms with van der Waals surface area (Å²) in [5, 5.41) is 2.44. The van der Waals surface area contributed by atoms with Crippen molar-refractivity contribution in [1.82, 2.24) is 5.32 Å². The second-order valence-corrected chi connectivity index (χ2v) is 4.85. The minimum Gasteiger partial charge on any atom is -1.00 e. The third-order valence-corrected chi connectivity index (χ3v) is 2.26. The molecule has 0 aliphatic rings. The summed E-state index contributed by atoms with van der Waals surface area (Å²) in [5.74, 6) is -1.14. The number of nitrogens with two attached hydrogens (primary N) is 1. The summed E-state index contributed by atoms with van der Waals surface area (Å²) < 4.78 is 28.8. The number of amides is 2. The van der Waals surface area contributed by atoms with Crippen LogP contribution in [0.2, 0.25) is 0 Å². The molecular formula is C10H19N2NaO5S. The Kier molecular flexibility index (Phi) is 15.2. The fraction of sp³-hybridized carbons (Fsp3) is 0.400. The molecule has 0 spiro atoms. The first-order valence-electron chi connectivity index (χ1n) is 4.91. The Labute approximate surface area is 136 Å². The summed E-state index contributed by atoms with van der Waals surface area (Å²) in [4.78, 5) is 20.3. The largest absolute Gasteiger partial charge is 1.00 e. The number of rotatable bonds is 6. The van der Waals surface area contributed by atoms with Crippen molar-refractivity contribution < 1.29 is 53.5 Å². The van der Waals surface area contributed by atoms with Crippen molar-refractivity contribution in [2.24, 2.45) is 5.73 Å². The number of nitrogens with one attached hydrogen (secondary N) is 1. The van der Waals surface area contributed by atoms with Gasteiger partial charge in [0.1, 0.15) is 0 Å². The van der Waals surface area contributed by atoms with Crippen molar-refractivity contribution in [3.05, 3.63) is 24.8 Å². The van der Waals surface area contributed by atoms with E-state index in [0.29, 0.717) is 5.57 Å². The smallest absolute Gasteiger partial charge is 1.00 e. The summed E-state index contributed by atoms with van der Waals surface area (Å²) >= 11 is 0. The van der Waals surface area contributed by atoms with Gasteiger partial charge in [-0.25, -0.2) is 0 Å². The maximum absolute atomic E-state index is 10.8. The molecule has 19 heavy (non-hydrogen) atoms. The van der Waals surface area contributed by atoms with Crippen LogP contribution >= 0.6 is 0 Å². The predicted molar refractivity (Wildman–Crippen MR) is 69.4 cm³/mol. The topological polar surface area (TPSA) is 127 Å². The quantitative estimate of drug-likeness (QED) is 0.205. The second kappa shape index (κ2) is 12.4. The van der Waals surface area contributed by atoms with Crippen LogP contribution in [0.25, 0.3) is 0 Å². The summed E-state index contributed by atoms with van der Waals surface area (Å²) in [6.07, 6.45) is 1.25. The summed E-state index contributed by atoms with van der Waals surface area (Å²) in [7, 11) is -3.92. The van der Waals surface area contributed by atoms with Gasteiger partial charge in [0.25, 0.3) is 10.1 Å². The first-order valence-corrected chi connectivity index (χ1v) is 6.51. The Hall–Kier alpha value is -0.670. The van der Waals surface area contributed by atoms with Gasteiger partial charge >= 0.3 is 29.6 Å². The zero-order valence-electron chi connectivity index (χ0n) is 12.2. The molecule has 0 saturated carbocycles. The number of hydrogen-bond acceptors (Lipinski definition) is 4. The van der Waals surface area contributed by atoms with Gasteiger partial charge in [-0.2, -0.15) is 8.42 Å². The van der Waals surface area contributed by atoms with E-state index in [-0.39, 0.29) is 55.6 Å². The number of carbonyl (C=O) groups is 2. The summed E-state index contributed by atoms with van der Waals surface area (Å²) in [6.45, 7) is 8.26. The van der Waals surface area contributed by atoms with E-state index >= 15 is 0 Å². The molecule has 0 aromatic rings. The zero-order chi connectivity index (χ0) is 14.8. The van der Waals surface area contributed by atoms with E-state index in [1.807, 2.05) is 0 Å². The zero-order valence-corrected chi connectivity index (χ0v) is 14.0. The third-order valence-electron chi connectivity index (χ3n) is 1.45. The molecule has 7 nitrogen and oxygen atoms in total. The van der Waals surface area contributed by atoms with Crippen molar-refractivity contribution in [3.8, 4) is 0 Å². The standard InChI is InChI=1S/C7H13NO4S.C3H5NO.Na.H/c1-6(2)7(9)8-4-3-5-13(10,11)12;1-2-3(4)5;;/h1,3-5H2,2H3,(H,8,9)(H,10,11,12);2H,1H2,(H2,4,5);;/q;;+1;-1. The van der Waals surface area contributed by atoms with Gasteiger partial charge in [-0.15, -0.1) is 0 Å². The van der Waals surface area contributed by atoms with Crippen molar-refractivity contribution in [2.45, 2.75) is 13.3 Å².